The molecule has 0 unspecified atom stereocenters. The van der Waals surface area contributed by atoms with Crippen LogP contribution in [0.25, 0.3) is 9.75 Å². The number of aryl methyl sites for hydroxylation is 1. The Hall–Kier alpha value is -1.07. The lowest BCUT2D eigenvalue weighted by Gasteiger charge is -2.08. The average molecular weight is 457 g/mol. The Morgan fingerprint density at radius 1 is 0.793 bits per heavy atom. The molecule has 1 aliphatic rings. The molecule has 3 aromatic heterocycles. The highest BCUT2D eigenvalue weighted by Gasteiger charge is 2.21. The minimum Gasteiger partial charge on any atom is -0.139 e. The van der Waals surface area contributed by atoms with E-state index >= 15 is 0 Å². The van der Waals surface area contributed by atoms with Crippen LogP contribution in [0.4, 0.5) is 0 Å². The van der Waals surface area contributed by atoms with Crippen molar-refractivity contribution in [2.24, 2.45) is 0 Å². The Balaban J connectivity index is 1.92. The second-order valence-electron chi connectivity index (χ2n) is 8.42. The Morgan fingerprint density at radius 3 is 1.97 bits per heavy atom. The highest BCUT2D eigenvalue weighted by atomic mass is 32.2. The fourth-order valence-corrected chi connectivity index (χ4v) is 8.33. The second-order valence-corrected chi connectivity index (χ2v) is 13.0. The molecule has 0 aliphatic carbocycles. The highest BCUT2D eigenvalue weighted by molar-refractivity contribution is 8.03. The lowest BCUT2D eigenvalue weighted by Crippen LogP contribution is -1.91. The molecule has 0 N–H and O–H groups in total. The number of allylic oxidation sites excluding steroid dienone is 2. The van der Waals surface area contributed by atoms with Crippen molar-refractivity contribution < 1.29 is 0 Å². The van der Waals surface area contributed by atoms with Gasteiger partial charge in [-0.15, -0.1) is 34.0 Å². The third-order valence-corrected chi connectivity index (χ3v) is 10.5. The lowest BCUT2D eigenvalue weighted by molar-refractivity contribution is 0.888. The third-order valence-electron chi connectivity index (χ3n) is 5.17. The molecular formula is C25H28S4. The molecule has 4 heteroatoms. The van der Waals surface area contributed by atoms with Crippen LogP contribution in [0, 0.1) is 6.92 Å². The largest absolute Gasteiger partial charge is 0.139 e. The molecule has 152 valence electrons. The monoisotopic (exact) mass is 456 g/mol. The maximum atomic E-state index is 4.36. The molecule has 1 aliphatic heterocycles. The predicted molar refractivity (Wildman–Crippen MR) is 136 cm³/mol. The van der Waals surface area contributed by atoms with Gasteiger partial charge in [0.05, 0.1) is 4.21 Å². The molecule has 0 aromatic carbocycles. The first-order valence-corrected chi connectivity index (χ1v) is 13.5. The van der Waals surface area contributed by atoms with Crippen LogP contribution in [-0.4, -0.2) is 0 Å². The van der Waals surface area contributed by atoms with Crippen molar-refractivity contribution in [3.05, 3.63) is 73.2 Å². The zero-order valence-electron chi connectivity index (χ0n) is 17.8. The predicted octanol–water partition coefficient (Wildman–Crippen LogP) is 9.40. The molecule has 0 spiro atoms. The van der Waals surface area contributed by atoms with E-state index in [-0.39, 0.29) is 0 Å². The number of thiophene rings is 3. The molecule has 0 fully saturated rings. The Labute approximate surface area is 191 Å². The smallest absolute Gasteiger partial charge is 0.0678 e. The zero-order valence-corrected chi connectivity index (χ0v) is 21.1. The molecule has 0 saturated carbocycles. The van der Waals surface area contributed by atoms with Gasteiger partial charge in [-0.1, -0.05) is 57.7 Å². The second kappa shape index (κ2) is 8.58. The molecule has 3 aromatic rings. The summed E-state index contributed by atoms with van der Waals surface area (Å²) in [6.07, 6.45) is 4.16. The van der Waals surface area contributed by atoms with Crippen molar-refractivity contribution >= 4 is 45.8 Å². The van der Waals surface area contributed by atoms with Crippen LogP contribution >= 0.6 is 45.8 Å². The van der Waals surface area contributed by atoms with Crippen molar-refractivity contribution in [1.29, 1.82) is 0 Å². The molecule has 0 radical (unpaired) electrons. The van der Waals surface area contributed by atoms with Crippen molar-refractivity contribution in [2.75, 3.05) is 0 Å². The Kier molecular flexibility index (Phi) is 6.27. The first kappa shape index (κ1) is 21.2. The minimum absolute atomic E-state index is 0.557. The topological polar surface area (TPSA) is 0 Å². The fraction of sp³-hybridized carbons (Fsp3) is 0.360. The van der Waals surface area contributed by atoms with E-state index in [1.807, 2.05) is 45.8 Å². The summed E-state index contributed by atoms with van der Waals surface area (Å²) in [6, 6.07) is 7.29. The van der Waals surface area contributed by atoms with Gasteiger partial charge in [-0.05, 0) is 65.5 Å². The number of rotatable bonds is 2. The zero-order chi connectivity index (χ0) is 20.7. The van der Waals surface area contributed by atoms with Gasteiger partial charge >= 0.3 is 0 Å². The molecule has 0 saturated heterocycles. The standard InChI is InChI=1S/C25H28S4/c1-14(2)21-12-18-9-16(5)7-8-26-25-20(10-17(6)27-25)11-19-13-22(15(3)4)29-24(19)23(18)28-21/h7-8,10,12-15H,5,9,11H2,1-4,6H3/b8-7-. The summed E-state index contributed by atoms with van der Waals surface area (Å²) in [6.45, 7) is 15.8. The summed E-state index contributed by atoms with van der Waals surface area (Å²) in [5.74, 6) is 1.12. The van der Waals surface area contributed by atoms with Crippen LogP contribution in [-0.2, 0) is 12.8 Å². The normalized spacial score (nSPS) is 15.6. The van der Waals surface area contributed by atoms with Gasteiger partial charge in [0.2, 0.25) is 0 Å². The van der Waals surface area contributed by atoms with E-state index < -0.39 is 0 Å². The van der Waals surface area contributed by atoms with Gasteiger partial charge < -0.3 is 0 Å². The molecule has 29 heavy (non-hydrogen) atoms. The molecule has 4 heterocycles. The SMILES string of the molecule is C=C1/C=C\Sc2sc(C)cc2Cc2cc(C(C)C)sc2-c2sc(C(C)C)cc2C1. The van der Waals surface area contributed by atoms with E-state index in [0.29, 0.717) is 11.8 Å². The maximum absolute atomic E-state index is 4.36. The van der Waals surface area contributed by atoms with E-state index in [1.54, 1.807) is 0 Å². The number of thioether (sulfide) groups is 1. The van der Waals surface area contributed by atoms with E-state index in [4.69, 9.17) is 0 Å². The first-order chi connectivity index (χ1) is 13.8. The summed E-state index contributed by atoms with van der Waals surface area (Å²) in [4.78, 5) is 7.32. The summed E-state index contributed by atoms with van der Waals surface area (Å²) in [5.41, 5.74) is 5.58. The van der Waals surface area contributed by atoms with Crippen molar-refractivity contribution in [1.82, 2.24) is 0 Å². The van der Waals surface area contributed by atoms with Crippen LogP contribution in [0.1, 0.15) is 70.9 Å². The van der Waals surface area contributed by atoms with E-state index in [0.717, 1.165) is 12.8 Å². The molecular weight excluding hydrogens is 429 g/mol. The van der Waals surface area contributed by atoms with Crippen LogP contribution in [0.2, 0.25) is 0 Å². The summed E-state index contributed by atoms with van der Waals surface area (Å²) in [5, 5.41) is 2.22. The Bertz CT molecular complexity index is 1070. The summed E-state index contributed by atoms with van der Waals surface area (Å²) < 4.78 is 1.42. The molecule has 0 atom stereocenters. The van der Waals surface area contributed by atoms with E-state index in [9.17, 15) is 0 Å². The summed E-state index contributed by atoms with van der Waals surface area (Å²) in [7, 11) is 0. The van der Waals surface area contributed by atoms with Gasteiger partial charge in [0.15, 0.2) is 0 Å². The average Bonchev–Trinajstić information content (AvgIpc) is 3.32. The maximum Gasteiger partial charge on any atom is 0.0678 e. The van der Waals surface area contributed by atoms with Crippen LogP contribution in [0.15, 0.2) is 46.0 Å². The van der Waals surface area contributed by atoms with Gasteiger partial charge in [-0.3, -0.25) is 0 Å². The van der Waals surface area contributed by atoms with Gasteiger partial charge in [0.1, 0.15) is 0 Å². The lowest BCUT2D eigenvalue weighted by atomic mass is 10.0. The van der Waals surface area contributed by atoms with Crippen molar-refractivity contribution in [2.45, 2.75) is 63.5 Å². The number of hydrogen-bond donors (Lipinski definition) is 0. The van der Waals surface area contributed by atoms with Crippen LogP contribution < -0.4 is 0 Å². The van der Waals surface area contributed by atoms with Crippen LogP contribution in [0.5, 0.6) is 0 Å². The van der Waals surface area contributed by atoms with Gasteiger partial charge in [0, 0.05) is 30.8 Å². The first-order valence-electron chi connectivity index (χ1n) is 10.2. The van der Waals surface area contributed by atoms with E-state index in [1.165, 1.54) is 50.9 Å². The highest BCUT2D eigenvalue weighted by Crippen LogP contribution is 2.46. The minimum atomic E-state index is 0.557. The van der Waals surface area contributed by atoms with E-state index in [2.05, 4.69) is 70.9 Å². The van der Waals surface area contributed by atoms with Gasteiger partial charge in [-0.2, -0.15) is 0 Å². The number of hydrogen-bond acceptors (Lipinski definition) is 4. The van der Waals surface area contributed by atoms with Crippen molar-refractivity contribution in [3.8, 4) is 9.75 Å². The number of fused-ring (bicyclic) bond motifs is 4. The van der Waals surface area contributed by atoms with Gasteiger partial charge in [-0.25, -0.2) is 0 Å². The quantitative estimate of drug-likeness (QED) is 0.370. The third kappa shape index (κ3) is 4.51. The Morgan fingerprint density at radius 2 is 1.38 bits per heavy atom. The summed E-state index contributed by atoms with van der Waals surface area (Å²) >= 11 is 7.76. The molecule has 0 bridgehead atoms. The van der Waals surface area contributed by atoms with Gasteiger partial charge in [0.25, 0.3) is 0 Å². The molecule has 4 rings (SSSR count). The fourth-order valence-electron chi connectivity index (χ4n) is 3.59. The molecule has 0 nitrogen and oxygen atoms in total. The van der Waals surface area contributed by atoms with Crippen LogP contribution in [0.3, 0.4) is 0 Å². The molecule has 0 amide bonds. The van der Waals surface area contributed by atoms with Crippen molar-refractivity contribution in [3.63, 3.8) is 0 Å².